The molecule has 0 heterocycles. The Kier molecular flexibility index (Phi) is 2.37. The Labute approximate surface area is 86.2 Å². The monoisotopic (exact) mass is 206 g/mol. The Hall–Kier alpha value is -1.91. The van der Waals surface area contributed by atoms with Crippen LogP contribution in [0.15, 0.2) is 23.4 Å². The Bertz CT molecular complexity index is 440. The fraction of sp³-hybridized carbons (Fsp3) is 0.300. The van der Waals surface area contributed by atoms with Crippen molar-refractivity contribution in [2.75, 3.05) is 0 Å². The van der Waals surface area contributed by atoms with Gasteiger partial charge in [0.05, 0.1) is 10.6 Å². The van der Waals surface area contributed by atoms with Gasteiger partial charge in [-0.15, -0.1) is 0 Å². The summed E-state index contributed by atoms with van der Waals surface area (Å²) in [6.07, 6.45) is 2.02. The number of fused-ring (bicyclic) bond motifs is 1. The highest BCUT2D eigenvalue weighted by atomic mass is 16.6. The number of benzene rings is 1. The van der Waals surface area contributed by atoms with Crippen LogP contribution in [0.25, 0.3) is 0 Å². The summed E-state index contributed by atoms with van der Waals surface area (Å²) in [5.41, 5.74) is 2.77. The molecule has 5 nitrogen and oxygen atoms in total. The van der Waals surface area contributed by atoms with Crippen molar-refractivity contribution in [2.45, 2.75) is 19.3 Å². The molecule has 78 valence electrons. The number of oxime groups is 1. The molecule has 5 heteroatoms. The molecule has 0 saturated carbocycles. The Morgan fingerprint density at radius 1 is 1.33 bits per heavy atom. The lowest BCUT2D eigenvalue weighted by atomic mass is 9.90. The van der Waals surface area contributed by atoms with Crippen molar-refractivity contribution >= 4 is 11.4 Å². The molecule has 0 bridgehead atoms. The van der Waals surface area contributed by atoms with Crippen molar-refractivity contribution in [1.29, 1.82) is 0 Å². The van der Waals surface area contributed by atoms with Gasteiger partial charge in [-0.1, -0.05) is 11.2 Å². The molecule has 1 N–H and O–H groups in total. The topological polar surface area (TPSA) is 75.7 Å². The molecule has 0 unspecified atom stereocenters. The largest absolute Gasteiger partial charge is 0.411 e. The second-order valence-corrected chi connectivity index (χ2v) is 3.55. The van der Waals surface area contributed by atoms with Crippen LogP contribution in [0.2, 0.25) is 0 Å². The molecule has 0 amide bonds. The second-order valence-electron chi connectivity index (χ2n) is 3.55. The maximum atomic E-state index is 10.6. The first-order chi connectivity index (χ1) is 7.20. The molecule has 0 spiro atoms. The predicted octanol–water partition coefficient (Wildman–Crippen LogP) is 1.91. The minimum absolute atomic E-state index is 0.0907. The summed E-state index contributed by atoms with van der Waals surface area (Å²) in [5.74, 6) is 0. The third kappa shape index (κ3) is 1.81. The van der Waals surface area contributed by atoms with E-state index in [0.29, 0.717) is 12.1 Å². The van der Waals surface area contributed by atoms with E-state index in [0.717, 1.165) is 24.0 Å². The van der Waals surface area contributed by atoms with Gasteiger partial charge in [-0.3, -0.25) is 10.1 Å². The number of nitrogens with zero attached hydrogens (tertiary/aromatic N) is 2. The van der Waals surface area contributed by atoms with Gasteiger partial charge in [0.15, 0.2) is 0 Å². The first-order valence-electron chi connectivity index (χ1n) is 4.66. The van der Waals surface area contributed by atoms with E-state index < -0.39 is 4.92 Å². The molecule has 1 aromatic rings. The lowest BCUT2D eigenvalue weighted by Crippen LogP contribution is -2.13. The molecular formula is C10H10N2O3. The first kappa shape index (κ1) is 9.64. The number of aryl methyl sites for hydroxylation is 1. The number of hydrogen-bond acceptors (Lipinski definition) is 4. The third-order valence-corrected chi connectivity index (χ3v) is 2.62. The summed E-state index contributed by atoms with van der Waals surface area (Å²) in [6.45, 7) is 0. The van der Waals surface area contributed by atoms with Crippen LogP contribution in [0.5, 0.6) is 0 Å². The summed E-state index contributed by atoms with van der Waals surface area (Å²) in [4.78, 5) is 10.2. The Morgan fingerprint density at radius 2 is 2.13 bits per heavy atom. The van der Waals surface area contributed by atoms with Gasteiger partial charge in [0, 0.05) is 18.6 Å². The summed E-state index contributed by atoms with van der Waals surface area (Å²) >= 11 is 0. The zero-order valence-corrected chi connectivity index (χ0v) is 8.01. The average Bonchev–Trinajstić information content (AvgIpc) is 2.27. The minimum Gasteiger partial charge on any atom is -0.411 e. The normalized spacial score (nSPS) is 17.5. The Morgan fingerprint density at radius 3 is 2.80 bits per heavy atom. The SMILES string of the molecule is O=[N+]([O-])c1ccc2c(c1)C/C(=N\O)CC2. The fourth-order valence-corrected chi connectivity index (χ4v) is 1.81. The van der Waals surface area contributed by atoms with Crippen molar-refractivity contribution < 1.29 is 10.1 Å². The molecule has 0 aliphatic heterocycles. The van der Waals surface area contributed by atoms with Crippen LogP contribution in [0.1, 0.15) is 17.5 Å². The van der Waals surface area contributed by atoms with Crippen molar-refractivity contribution in [1.82, 2.24) is 0 Å². The Balaban J connectivity index is 2.39. The summed E-state index contributed by atoms with van der Waals surface area (Å²) in [5, 5.41) is 22.4. The molecule has 0 atom stereocenters. The van der Waals surface area contributed by atoms with Gasteiger partial charge in [-0.05, 0) is 24.0 Å². The minimum atomic E-state index is -0.412. The molecule has 0 fully saturated rings. The van der Waals surface area contributed by atoms with Gasteiger partial charge < -0.3 is 5.21 Å². The van der Waals surface area contributed by atoms with Crippen LogP contribution in [-0.2, 0) is 12.8 Å². The predicted molar refractivity (Wildman–Crippen MR) is 54.3 cm³/mol. The number of rotatable bonds is 1. The molecule has 1 aliphatic carbocycles. The number of nitro benzene ring substituents is 1. The van der Waals surface area contributed by atoms with Gasteiger partial charge in [0.1, 0.15) is 0 Å². The zero-order valence-electron chi connectivity index (χ0n) is 8.01. The highest BCUT2D eigenvalue weighted by Gasteiger charge is 2.17. The van der Waals surface area contributed by atoms with Gasteiger partial charge in [0.2, 0.25) is 0 Å². The molecule has 1 aliphatic rings. The molecule has 0 aromatic heterocycles. The second kappa shape index (κ2) is 3.68. The summed E-state index contributed by atoms with van der Waals surface area (Å²) < 4.78 is 0. The zero-order chi connectivity index (χ0) is 10.8. The van der Waals surface area contributed by atoms with Crippen molar-refractivity contribution in [2.24, 2.45) is 5.16 Å². The third-order valence-electron chi connectivity index (χ3n) is 2.62. The smallest absolute Gasteiger partial charge is 0.269 e. The van der Waals surface area contributed by atoms with Crippen LogP contribution < -0.4 is 0 Å². The van der Waals surface area contributed by atoms with Crippen LogP contribution in [-0.4, -0.2) is 15.8 Å². The molecule has 15 heavy (non-hydrogen) atoms. The lowest BCUT2D eigenvalue weighted by Gasteiger charge is -2.15. The van der Waals surface area contributed by atoms with Crippen LogP contribution in [0.3, 0.4) is 0 Å². The maximum Gasteiger partial charge on any atom is 0.269 e. The van der Waals surface area contributed by atoms with Crippen molar-refractivity contribution in [3.63, 3.8) is 0 Å². The average molecular weight is 206 g/mol. The molecule has 0 radical (unpaired) electrons. The number of nitro groups is 1. The van der Waals surface area contributed by atoms with Gasteiger partial charge in [0.25, 0.3) is 5.69 Å². The number of non-ortho nitro benzene ring substituents is 1. The number of hydrogen-bond donors (Lipinski definition) is 1. The quantitative estimate of drug-likeness (QED) is 0.433. The van der Waals surface area contributed by atoms with E-state index >= 15 is 0 Å². The van der Waals surface area contributed by atoms with Gasteiger partial charge >= 0.3 is 0 Å². The molecule has 2 rings (SSSR count). The van der Waals surface area contributed by atoms with E-state index in [4.69, 9.17) is 5.21 Å². The van der Waals surface area contributed by atoms with E-state index in [9.17, 15) is 10.1 Å². The van der Waals surface area contributed by atoms with E-state index in [2.05, 4.69) is 5.16 Å². The van der Waals surface area contributed by atoms with Crippen LogP contribution >= 0.6 is 0 Å². The molecule has 0 saturated heterocycles. The highest BCUT2D eigenvalue weighted by Crippen LogP contribution is 2.24. The van der Waals surface area contributed by atoms with E-state index in [1.165, 1.54) is 6.07 Å². The lowest BCUT2D eigenvalue weighted by molar-refractivity contribution is -0.384. The van der Waals surface area contributed by atoms with E-state index in [1.807, 2.05) is 0 Å². The summed E-state index contributed by atoms with van der Waals surface area (Å²) in [7, 11) is 0. The summed E-state index contributed by atoms with van der Waals surface area (Å²) in [6, 6.07) is 4.85. The first-order valence-corrected chi connectivity index (χ1v) is 4.66. The molecule has 1 aromatic carbocycles. The molecular weight excluding hydrogens is 196 g/mol. The van der Waals surface area contributed by atoms with Gasteiger partial charge in [-0.25, -0.2) is 0 Å². The highest BCUT2D eigenvalue weighted by molar-refractivity contribution is 5.88. The van der Waals surface area contributed by atoms with Crippen molar-refractivity contribution in [3.8, 4) is 0 Å². The van der Waals surface area contributed by atoms with E-state index in [-0.39, 0.29) is 5.69 Å². The van der Waals surface area contributed by atoms with Crippen LogP contribution in [0.4, 0.5) is 5.69 Å². The van der Waals surface area contributed by atoms with Crippen molar-refractivity contribution in [3.05, 3.63) is 39.4 Å². The van der Waals surface area contributed by atoms with E-state index in [1.54, 1.807) is 12.1 Å². The fourth-order valence-electron chi connectivity index (χ4n) is 1.81. The maximum absolute atomic E-state index is 10.6. The van der Waals surface area contributed by atoms with Gasteiger partial charge in [-0.2, -0.15) is 0 Å². The van der Waals surface area contributed by atoms with Crippen LogP contribution in [0, 0.1) is 10.1 Å². The standard InChI is InChI=1S/C10H10N2O3/c13-11-9-3-1-7-2-4-10(12(14)15)6-8(7)5-9/h2,4,6,13H,1,3,5H2/b11-9-.